The number of ether oxygens (including phenoxy) is 1. The van der Waals surface area contributed by atoms with Gasteiger partial charge in [0.25, 0.3) is 0 Å². The summed E-state index contributed by atoms with van der Waals surface area (Å²) in [4.78, 5) is 17.8. The van der Waals surface area contributed by atoms with E-state index < -0.39 is 22.2 Å². The molecule has 1 aromatic heterocycles. The van der Waals surface area contributed by atoms with Crippen LogP contribution in [-0.2, 0) is 33.3 Å². The Kier molecular flexibility index (Phi) is 8.93. The zero-order chi connectivity index (χ0) is 27.6. The Morgan fingerprint density at radius 2 is 1.78 bits per heavy atom. The summed E-state index contributed by atoms with van der Waals surface area (Å²) in [7, 11) is -1.46. The third-order valence-electron chi connectivity index (χ3n) is 6.56. The van der Waals surface area contributed by atoms with Crippen molar-refractivity contribution in [3.63, 3.8) is 0 Å². The third-order valence-corrected chi connectivity index (χ3v) is 9.20. The summed E-state index contributed by atoms with van der Waals surface area (Å²) in [5, 5.41) is 8.32. The summed E-state index contributed by atoms with van der Waals surface area (Å²) in [6, 6.07) is 8.27. The summed E-state index contributed by atoms with van der Waals surface area (Å²) in [5.74, 6) is -1.48. The lowest BCUT2D eigenvalue weighted by Gasteiger charge is -2.46. The van der Waals surface area contributed by atoms with Crippen LogP contribution in [0.4, 0.5) is 13.2 Å². The van der Waals surface area contributed by atoms with E-state index in [4.69, 9.17) is 19.6 Å². The first-order valence-corrected chi connectivity index (χ1v) is 14.4. The topological polar surface area (TPSA) is 100 Å². The fraction of sp³-hybridized carbons (Fsp3) is 0.583. The zero-order valence-electron chi connectivity index (χ0n) is 21.2. The molecule has 37 heavy (non-hydrogen) atoms. The van der Waals surface area contributed by atoms with E-state index in [9.17, 15) is 21.6 Å². The maximum atomic E-state index is 12.0. The Morgan fingerprint density at radius 3 is 2.24 bits per heavy atom. The van der Waals surface area contributed by atoms with Crippen molar-refractivity contribution < 1.29 is 36.2 Å². The van der Waals surface area contributed by atoms with Crippen LogP contribution in [0.3, 0.4) is 0 Å². The molecule has 2 aliphatic rings. The fourth-order valence-corrected chi connectivity index (χ4v) is 6.72. The van der Waals surface area contributed by atoms with Gasteiger partial charge in [0.1, 0.15) is 5.75 Å². The molecule has 0 radical (unpaired) electrons. The molecular weight excluding hydrogens is 531 g/mol. The van der Waals surface area contributed by atoms with Crippen LogP contribution in [0.15, 0.2) is 24.3 Å². The second-order valence-electron chi connectivity index (χ2n) is 9.72. The van der Waals surface area contributed by atoms with E-state index in [0.29, 0.717) is 19.0 Å². The van der Waals surface area contributed by atoms with Crippen LogP contribution in [-0.4, -0.2) is 72.9 Å². The monoisotopic (exact) mass is 563 g/mol. The molecule has 1 saturated heterocycles. The van der Waals surface area contributed by atoms with E-state index >= 15 is 0 Å². The number of piperidine rings is 1. The number of thiazole rings is 1. The van der Waals surface area contributed by atoms with E-state index in [1.807, 2.05) is 23.5 Å². The number of hydrogen-bond donors (Lipinski definition) is 1. The van der Waals surface area contributed by atoms with Gasteiger partial charge in [-0.15, -0.1) is 11.3 Å². The number of rotatable bonds is 5. The highest BCUT2D eigenvalue weighted by atomic mass is 32.2. The molecule has 1 fully saturated rings. The maximum absolute atomic E-state index is 12.0. The first kappa shape index (κ1) is 29.3. The van der Waals surface area contributed by atoms with Crippen LogP contribution < -0.4 is 4.74 Å². The molecule has 0 saturated carbocycles. The molecule has 0 atom stereocenters. The molecule has 3 heterocycles. The van der Waals surface area contributed by atoms with Gasteiger partial charge >= 0.3 is 12.1 Å². The summed E-state index contributed by atoms with van der Waals surface area (Å²) in [6.45, 7) is 8.23. The Hall–Kier alpha value is -2.22. The number of fused-ring (bicyclic) bond motifs is 2. The van der Waals surface area contributed by atoms with Crippen molar-refractivity contribution in [2.75, 3.05) is 33.0 Å². The minimum absolute atomic E-state index is 0.0646. The number of nitrogens with zero attached hydrogens (tertiary/aromatic N) is 3. The fourth-order valence-electron chi connectivity index (χ4n) is 4.64. The summed E-state index contributed by atoms with van der Waals surface area (Å²) >= 11 is 1.83. The number of carboxylic acid groups (broad SMARTS) is 1. The van der Waals surface area contributed by atoms with Gasteiger partial charge < -0.3 is 9.84 Å². The number of halogens is 3. The second kappa shape index (κ2) is 11.3. The minimum Gasteiger partial charge on any atom is -0.497 e. The summed E-state index contributed by atoms with van der Waals surface area (Å²) < 4.78 is 62.7. The molecule has 0 amide bonds. The van der Waals surface area contributed by atoms with Crippen molar-refractivity contribution in [2.24, 2.45) is 0 Å². The van der Waals surface area contributed by atoms with Crippen LogP contribution in [0.2, 0.25) is 0 Å². The standard InChI is InChI=1S/C22H31N3O3S2.C2HF3O2/c1-16(2)21-23-20-19(29-21)14-24(13-17-5-7-18(28-3)8-6-17)15-22(20)9-11-25(12-10-22)30(4,26)27;3-2(4,5)1(6)7/h5-8,16H,9-15H2,1-4H3;(H,6,7). The van der Waals surface area contributed by atoms with E-state index in [0.717, 1.165) is 38.2 Å². The Morgan fingerprint density at radius 1 is 1.22 bits per heavy atom. The molecule has 4 rings (SSSR count). The van der Waals surface area contributed by atoms with Gasteiger partial charge in [-0.3, -0.25) is 4.90 Å². The predicted molar refractivity (Wildman–Crippen MR) is 134 cm³/mol. The van der Waals surface area contributed by atoms with E-state index in [2.05, 4.69) is 30.9 Å². The van der Waals surface area contributed by atoms with E-state index in [1.54, 1.807) is 11.4 Å². The highest BCUT2D eigenvalue weighted by Crippen LogP contribution is 2.45. The van der Waals surface area contributed by atoms with E-state index in [-0.39, 0.29) is 5.41 Å². The number of aromatic nitrogens is 1. The van der Waals surface area contributed by atoms with Crippen LogP contribution in [0, 0.1) is 0 Å². The van der Waals surface area contributed by atoms with Crippen molar-refractivity contribution >= 4 is 27.3 Å². The van der Waals surface area contributed by atoms with Gasteiger partial charge in [0, 0.05) is 48.9 Å². The molecule has 0 aliphatic carbocycles. The first-order chi connectivity index (χ1) is 17.1. The van der Waals surface area contributed by atoms with Crippen molar-refractivity contribution in [3.8, 4) is 5.75 Å². The van der Waals surface area contributed by atoms with Gasteiger partial charge in [-0.1, -0.05) is 26.0 Å². The quantitative estimate of drug-likeness (QED) is 0.582. The number of methoxy groups -OCH3 is 1. The minimum atomic E-state index is -5.08. The summed E-state index contributed by atoms with van der Waals surface area (Å²) in [6.07, 6.45) is -2.12. The highest BCUT2D eigenvalue weighted by molar-refractivity contribution is 7.88. The molecular formula is C24H32F3N3O5S2. The van der Waals surface area contributed by atoms with Crippen molar-refractivity contribution in [1.29, 1.82) is 0 Å². The van der Waals surface area contributed by atoms with Crippen molar-refractivity contribution in [3.05, 3.63) is 45.4 Å². The van der Waals surface area contributed by atoms with Gasteiger partial charge in [-0.05, 0) is 30.5 Å². The average Bonchev–Trinajstić information content (AvgIpc) is 3.25. The second-order valence-corrected chi connectivity index (χ2v) is 12.8. The molecule has 0 bridgehead atoms. The number of carboxylic acids is 1. The largest absolute Gasteiger partial charge is 0.497 e. The molecule has 2 aliphatic heterocycles. The number of carbonyl (C=O) groups is 1. The number of alkyl halides is 3. The lowest BCUT2D eigenvalue weighted by molar-refractivity contribution is -0.192. The average molecular weight is 564 g/mol. The maximum Gasteiger partial charge on any atom is 0.490 e. The van der Waals surface area contributed by atoms with E-state index in [1.165, 1.54) is 27.4 Å². The molecule has 1 aromatic carbocycles. The van der Waals surface area contributed by atoms with Crippen LogP contribution in [0.1, 0.15) is 53.7 Å². The number of sulfonamides is 1. The Bertz CT molecular complexity index is 1190. The predicted octanol–water partition coefficient (Wildman–Crippen LogP) is 4.22. The molecule has 0 unspecified atom stereocenters. The Balaban J connectivity index is 0.000000479. The number of benzene rings is 1. The van der Waals surface area contributed by atoms with Gasteiger partial charge in [0.2, 0.25) is 10.0 Å². The Labute approximate surface area is 219 Å². The van der Waals surface area contributed by atoms with Crippen LogP contribution in [0.25, 0.3) is 0 Å². The van der Waals surface area contributed by atoms with Gasteiger partial charge in [-0.25, -0.2) is 22.5 Å². The van der Waals surface area contributed by atoms with Crippen molar-refractivity contribution in [1.82, 2.24) is 14.2 Å². The SMILES string of the molecule is COc1ccc(CN2Cc3sc(C(C)C)nc3C3(CCN(S(C)(=O)=O)CC3)C2)cc1.O=C(O)C(F)(F)F. The van der Waals surface area contributed by atoms with Gasteiger partial charge in [-0.2, -0.15) is 13.2 Å². The molecule has 2 aromatic rings. The molecule has 206 valence electrons. The van der Waals surface area contributed by atoms with Crippen LogP contribution >= 0.6 is 11.3 Å². The molecule has 1 N–H and O–H groups in total. The number of hydrogen-bond acceptors (Lipinski definition) is 7. The number of aliphatic carboxylic acids is 1. The zero-order valence-corrected chi connectivity index (χ0v) is 22.8. The highest BCUT2D eigenvalue weighted by Gasteiger charge is 2.45. The normalized spacial score (nSPS) is 18.3. The summed E-state index contributed by atoms with van der Waals surface area (Å²) in [5.41, 5.74) is 2.43. The molecule has 8 nitrogen and oxygen atoms in total. The lowest BCUT2D eigenvalue weighted by atomic mass is 9.73. The van der Waals surface area contributed by atoms with Crippen molar-refractivity contribution in [2.45, 2.75) is 57.3 Å². The molecule has 13 heteroatoms. The smallest absolute Gasteiger partial charge is 0.490 e. The van der Waals surface area contributed by atoms with Gasteiger partial charge in [0.15, 0.2) is 0 Å². The van der Waals surface area contributed by atoms with Gasteiger partial charge in [0.05, 0.1) is 24.1 Å². The first-order valence-electron chi connectivity index (χ1n) is 11.8. The van der Waals surface area contributed by atoms with Crippen LogP contribution in [0.5, 0.6) is 5.75 Å². The molecule has 1 spiro atoms. The third kappa shape index (κ3) is 7.21. The lowest BCUT2D eigenvalue weighted by Crippen LogP contribution is -2.52.